The minimum atomic E-state index is -4.02. The van der Waals surface area contributed by atoms with Crippen LogP contribution in [-0.4, -0.2) is 24.9 Å². The number of fused-ring (bicyclic) bond motifs is 2. The zero-order chi connectivity index (χ0) is 23.0. The maximum Gasteiger partial charge on any atom is 0.282 e. The summed E-state index contributed by atoms with van der Waals surface area (Å²) < 4.78 is 30.0. The van der Waals surface area contributed by atoms with Crippen LogP contribution in [0.15, 0.2) is 110 Å². The zero-order valence-corrected chi connectivity index (χ0v) is 19.4. The van der Waals surface area contributed by atoms with Gasteiger partial charge in [0, 0.05) is 32.6 Å². The van der Waals surface area contributed by atoms with E-state index in [1.54, 1.807) is 30.5 Å². The number of carbonyl (C=O) groups excluding carboxylic acids is 1. The molecule has 162 valence electrons. The summed E-state index contributed by atoms with van der Waals surface area (Å²) in [5, 5.41) is 1.38. The van der Waals surface area contributed by atoms with Gasteiger partial charge in [0.1, 0.15) is 0 Å². The minimum absolute atomic E-state index is 0.0228. The van der Waals surface area contributed by atoms with Crippen LogP contribution in [0.2, 0.25) is 5.02 Å². The number of halogens is 1. The van der Waals surface area contributed by atoms with E-state index in [2.05, 4.69) is 9.38 Å². The third-order valence-electron chi connectivity index (χ3n) is 5.08. The molecule has 0 atom stereocenters. The average molecular weight is 491 g/mol. The molecule has 0 saturated heterocycles. The molecule has 33 heavy (non-hydrogen) atoms. The molecule has 1 aliphatic rings. The van der Waals surface area contributed by atoms with Crippen LogP contribution in [0.5, 0.6) is 0 Å². The van der Waals surface area contributed by atoms with Gasteiger partial charge in [-0.05, 0) is 42.5 Å². The fraction of sp³-hybridized carbons (Fsp3) is 0. The molecule has 1 heterocycles. The van der Waals surface area contributed by atoms with Crippen molar-refractivity contribution in [2.75, 3.05) is 0 Å². The number of carbonyl (C=O) groups is 1. The number of nitrogens with zero attached hydrogens (tertiary/aromatic N) is 2. The SMILES string of the molecule is O=C1C(Sc2cccc3cccnc23)=C/C(=N\S(=O)(=O)c2ccc(Cl)cc2)c2ccccc21. The first-order valence-corrected chi connectivity index (χ1v) is 12.5. The number of hydrogen-bond donors (Lipinski definition) is 0. The third kappa shape index (κ3) is 4.23. The Hall–Kier alpha value is -3.26. The lowest BCUT2D eigenvalue weighted by molar-refractivity contribution is 0.104. The number of rotatable bonds is 4. The van der Waals surface area contributed by atoms with Crippen molar-refractivity contribution >= 4 is 55.8 Å². The van der Waals surface area contributed by atoms with Crippen LogP contribution in [0.25, 0.3) is 10.9 Å². The molecule has 1 aliphatic carbocycles. The lowest BCUT2D eigenvalue weighted by Crippen LogP contribution is -2.17. The summed E-state index contributed by atoms with van der Waals surface area (Å²) >= 11 is 7.14. The number of allylic oxidation sites excluding steroid dienone is 2. The van der Waals surface area contributed by atoms with Gasteiger partial charge in [-0.3, -0.25) is 9.78 Å². The van der Waals surface area contributed by atoms with E-state index in [1.807, 2.05) is 30.3 Å². The molecule has 0 N–H and O–H groups in total. The van der Waals surface area contributed by atoms with Crippen molar-refractivity contribution in [1.82, 2.24) is 4.98 Å². The normalized spacial score (nSPS) is 14.9. The molecule has 5 nitrogen and oxygen atoms in total. The van der Waals surface area contributed by atoms with Gasteiger partial charge in [-0.15, -0.1) is 0 Å². The van der Waals surface area contributed by atoms with Gasteiger partial charge in [0.2, 0.25) is 0 Å². The van der Waals surface area contributed by atoms with Crippen LogP contribution < -0.4 is 0 Å². The van der Waals surface area contributed by atoms with Crippen LogP contribution in [0.3, 0.4) is 0 Å². The first-order valence-electron chi connectivity index (χ1n) is 9.90. The van der Waals surface area contributed by atoms with Crippen molar-refractivity contribution in [3.63, 3.8) is 0 Å². The molecule has 0 unspecified atom stereocenters. The number of sulfonamides is 1. The van der Waals surface area contributed by atoms with Crippen molar-refractivity contribution in [1.29, 1.82) is 0 Å². The van der Waals surface area contributed by atoms with Gasteiger partial charge in [0.15, 0.2) is 5.78 Å². The van der Waals surface area contributed by atoms with Gasteiger partial charge < -0.3 is 0 Å². The number of aromatic nitrogens is 1. The van der Waals surface area contributed by atoms with E-state index < -0.39 is 10.0 Å². The molecule has 4 aromatic rings. The first-order chi connectivity index (χ1) is 15.9. The van der Waals surface area contributed by atoms with E-state index in [-0.39, 0.29) is 16.4 Å². The van der Waals surface area contributed by atoms with E-state index in [0.717, 1.165) is 15.8 Å². The summed E-state index contributed by atoms with van der Waals surface area (Å²) in [6.07, 6.45) is 3.23. The van der Waals surface area contributed by atoms with E-state index in [0.29, 0.717) is 21.1 Å². The van der Waals surface area contributed by atoms with E-state index in [4.69, 9.17) is 11.6 Å². The monoisotopic (exact) mass is 490 g/mol. The lowest BCUT2D eigenvalue weighted by Gasteiger charge is -2.17. The standard InChI is InChI=1S/C25H15ClN2O3S2/c26-17-10-12-18(13-11-17)33(30,31)28-21-15-23(25(29)20-8-2-1-7-19(20)21)32-22-9-3-5-16-6-4-14-27-24(16)22/h1-15H/b28-21+. The van der Waals surface area contributed by atoms with Crippen molar-refractivity contribution in [2.45, 2.75) is 9.79 Å². The minimum Gasteiger partial charge on any atom is -0.288 e. The average Bonchev–Trinajstić information content (AvgIpc) is 2.82. The van der Waals surface area contributed by atoms with Gasteiger partial charge in [-0.2, -0.15) is 12.8 Å². The topological polar surface area (TPSA) is 76.5 Å². The molecular formula is C25H15ClN2O3S2. The summed E-state index contributed by atoms with van der Waals surface area (Å²) in [5.41, 5.74) is 1.85. The Morgan fingerprint density at radius 3 is 2.36 bits per heavy atom. The number of pyridine rings is 1. The molecule has 0 amide bonds. The van der Waals surface area contributed by atoms with Crippen molar-refractivity contribution in [3.05, 3.63) is 112 Å². The van der Waals surface area contributed by atoms with E-state index in [9.17, 15) is 13.2 Å². The molecule has 0 aliphatic heterocycles. The summed E-state index contributed by atoms with van der Waals surface area (Å²) in [4.78, 5) is 18.9. The Bertz CT molecular complexity index is 1570. The summed E-state index contributed by atoms with van der Waals surface area (Å²) in [7, 11) is -4.02. The Balaban J connectivity index is 1.63. The molecule has 0 fully saturated rings. The molecule has 0 spiro atoms. The predicted molar refractivity (Wildman–Crippen MR) is 132 cm³/mol. The second-order valence-electron chi connectivity index (χ2n) is 7.22. The summed E-state index contributed by atoms with van der Waals surface area (Å²) in [6.45, 7) is 0. The third-order valence-corrected chi connectivity index (χ3v) is 7.71. The molecular weight excluding hydrogens is 476 g/mol. The van der Waals surface area contributed by atoms with Gasteiger partial charge in [0.05, 0.1) is 21.0 Å². The van der Waals surface area contributed by atoms with Crippen LogP contribution in [0, 0.1) is 0 Å². The highest BCUT2D eigenvalue weighted by Gasteiger charge is 2.27. The first kappa shape index (κ1) is 21.6. The number of benzene rings is 3. The van der Waals surface area contributed by atoms with Gasteiger partial charge in [-0.1, -0.05) is 65.8 Å². The Labute approximate surface area is 199 Å². The Morgan fingerprint density at radius 2 is 1.58 bits per heavy atom. The van der Waals surface area contributed by atoms with E-state index >= 15 is 0 Å². The van der Waals surface area contributed by atoms with Gasteiger partial charge in [-0.25, -0.2) is 0 Å². The highest BCUT2D eigenvalue weighted by atomic mass is 35.5. The quantitative estimate of drug-likeness (QED) is 0.354. The Morgan fingerprint density at radius 1 is 0.848 bits per heavy atom. The number of para-hydroxylation sites is 1. The highest BCUT2D eigenvalue weighted by Crippen LogP contribution is 2.37. The predicted octanol–water partition coefficient (Wildman–Crippen LogP) is 5.94. The smallest absolute Gasteiger partial charge is 0.282 e. The van der Waals surface area contributed by atoms with Crippen molar-refractivity contribution in [2.24, 2.45) is 4.40 Å². The molecule has 0 bridgehead atoms. The fourth-order valence-electron chi connectivity index (χ4n) is 3.52. The molecule has 0 saturated carbocycles. The van der Waals surface area contributed by atoms with Gasteiger partial charge in [0.25, 0.3) is 10.0 Å². The highest BCUT2D eigenvalue weighted by molar-refractivity contribution is 8.04. The van der Waals surface area contributed by atoms with Crippen LogP contribution in [0.1, 0.15) is 15.9 Å². The largest absolute Gasteiger partial charge is 0.288 e. The summed E-state index contributed by atoms with van der Waals surface area (Å²) in [6, 6.07) is 22.2. The van der Waals surface area contributed by atoms with Crippen molar-refractivity contribution < 1.29 is 13.2 Å². The van der Waals surface area contributed by atoms with Gasteiger partial charge >= 0.3 is 0 Å². The number of hydrogen-bond acceptors (Lipinski definition) is 5. The van der Waals surface area contributed by atoms with E-state index in [1.165, 1.54) is 42.1 Å². The maximum absolute atomic E-state index is 13.2. The fourth-order valence-corrected chi connectivity index (χ4v) is 5.67. The molecule has 5 rings (SSSR count). The molecule has 3 aromatic carbocycles. The van der Waals surface area contributed by atoms with Crippen molar-refractivity contribution in [3.8, 4) is 0 Å². The number of ketones is 1. The second-order valence-corrected chi connectivity index (χ2v) is 10.3. The lowest BCUT2D eigenvalue weighted by atomic mass is 9.94. The second kappa shape index (κ2) is 8.59. The number of thioether (sulfide) groups is 1. The zero-order valence-electron chi connectivity index (χ0n) is 17.0. The van der Waals surface area contributed by atoms with Crippen LogP contribution in [0.4, 0.5) is 0 Å². The molecule has 8 heteroatoms. The number of Topliss-reactive ketones (excluding diaryl/α,β-unsaturated/α-hetero) is 1. The molecule has 0 radical (unpaired) electrons. The van der Waals surface area contributed by atoms with Crippen LogP contribution >= 0.6 is 23.4 Å². The Kier molecular flexibility index (Phi) is 5.62. The maximum atomic E-state index is 13.2. The van der Waals surface area contributed by atoms with Crippen LogP contribution in [-0.2, 0) is 10.0 Å². The summed E-state index contributed by atoms with van der Waals surface area (Å²) in [5.74, 6) is -0.189. The molecule has 1 aromatic heterocycles.